The summed E-state index contributed by atoms with van der Waals surface area (Å²) in [5.41, 5.74) is 0.845. The van der Waals surface area contributed by atoms with Crippen LogP contribution in [0.25, 0.3) is 0 Å². The van der Waals surface area contributed by atoms with E-state index in [1.807, 2.05) is 12.1 Å². The number of carbonyl (C=O) groups is 1. The van der Waals surface area contributed by atoms with Gasteiger partial charge in [-0.2, -0.15) is 0 Å². The van der Waals surface area contributed by atoms with Crippen molar-refractivity contribution >= 4 is 33.5 Å². The summed E-state index contributed by atoms with van der Waals surface area (Å²) in [4.78, 5) is 12.3. The monoisotopic (exact) mass is 315 g/mol. The van der Waals surface area contributed by atoms with Gasteiger partial charge in [-0.3, -0.25) is 9.69 Å². The average molecular weight is 317 g/mol. The van der Waals surface area contributed by atoms with Gasteiger partial charge in [0.05, 0.1) is 13.1 Å². The summed E-state index contributed by atoms with van der Waals surface area (Å²) >= 11 is 9.37. The zero-order valence-electron chi connectivity index (χ0n) is 8.99. The molecule has 0 fully saturated rings. The molecule has 3 nitrogen and oxygen atoms in total. The maximum absolute atomic E-state index is 10.7. The Bertz CT molecular complexity index is 456. The SMILES string of the molecule is C#CCN(CC(=O)O)Cc1cc(Br)ccc1Cl. The zero-order valence-corrected chi connectivity index (χ0v) is 11.3. The highest BCUT2D eigenvalue weighted by Gasteiger charge is 2.11. The van der Waals surface area contributed by atoms with Crippen molar-refractivity contribution in [1.82, 2.24) is 4.90 Å². The summed E-state index contributed by atoms with van der Waals surface area (Å²) in [6.45, 7) is 0.580. The van der Waals surface area contributed by atoms with Gasteiger partial charge in [0.1, 0.15) is 0 Å². The van der Waals surface area contributed by atoms with Gasteiger partial charge in [-0.05, 0) is 23.8 Å². The molecule has 1 rings (SSSR count). The second kappa shape index (κ2) is 6.65. The summed E-state index contributed by atoms with van der Waals surface area (Å²) in [6, 6.07) is 5.44. The first-order valence-electron chi connectivity index (χ1n) is 4.84. The number of nitrogens with zero attached hydrogens (tertiary/aromatic N) is 1. The van der Waals surface area contributed by atoms with Crippen molar-refractivity contribution in [3.8, 4) is 12.3 Å². The van der Waals surface area contributed by atoms with Crippen molar-refractivity contribution in [2.24, 2.45) is 0 Å². The number of hydrogen-bond acceptors (Lipinski definition) is 2. The van der Waals surface area contributed by atoms with Gasteiger partial charge < -0.3 is 5.11 Å². The van der Waals surface area contributed by atoms with E-state index in [1.54, 1.807) is 11.0 Å². The standard InChI is InChI=1S/C12H11BrClNO2/c1-2-5-15(8-12(16)17)7-9-6-10(13)3-4-11(9)14/h1,3-4,6H,5,7-8H2,(H,16,17). The van der Waals surface area contributed by atoms with Crippen LogP contribution >= 0.6 is 27.5 Å². The van der Waals surface area contributed by atoms with Crippen LogP contribution in [0.3, 0.4) is 0 Å². The molecule has 90 valence electrons. The number of carboxylic acids is 1. The third-order valence-corrected chi connectivity index (χ3v) is 2.94. The van der Waals surface area contributed by atoms with E-state index >= 15 is 0 Å². The lowest BCUT2D eigenvalue weighted by molar-refractivity contribution is -0.138. The lowest BCUT2D eigenvalue weighted by Crippen LogP contribution is -2.29. The normalized spacial score (nSPS) is 10.2. The molecule has 0 saturated carbocycles. The van der Waals surface area contributed by atoms with Crippen LogP contribution in [0.15, 0.2) is 22.7 Å². The highest BCUT2D eigenvalue weighted by atomic mass is 79.9. The second-order valence-corrected chi connectivity index (χ2v) is 4.80. The predicted octanol–water partition coefficient (Wildman–Crippen LogP) is 2.62. The van der Waals surface area contributed by atoms with Gasteiger partial charge in [-0.1, -0.05) is 33.5 Å². The van der Waals surface area contributed by atoms with E-state index in [4.69, 9.17) is 23.1 Å². The average Bonchev–Trinajstić information content (AvgIpc) is 2.23. The molecule has 1 N–H and O–H groups in total. The smallest absolute Gasteiger partial charge is 0.317 e. The fourth-order valence-corrected chi connectivity index (χ4v) is 1.98. The van der Waals surface area contributed by atoms with Crippen LogP contribution in [0.1, 0.15) is 5.56 Å². The summed E-state index contributed by atoms with van der Waals surface area (Å²) in [5.74, 6) is 1.52. The van der Waals surface area contributed by atoms with E-state index in [0.717, 1.165) is 10.0 Å². The van der Waals surface area contributed by atoms with Gasteiger partial charge in [0.15, 0.2) is 0 Å². The molecule has 0 saturated heterocycles. The van der Waals surface area contributed by atoms with E-state index in [0.29, 0.717) is 11.6 Å². The molecule has 17 heavy (non-hydrogen) atoms. The Labute approximate surface area is 114 Å². The van der Waals surface area contributed by atoms with E-state index in [2.05, 4.69) is 21.9 Å². The van der Waals surface area contributed by atoms with Gasteiger partial charge in [0.25, 0.3) is 0 Å². The minimum Gasteiger partial charge on any atom is -0.480 e. The summed E-state index contributed by atoms with van der Waals surface area (Å²) < 4.78 is 0.896. The number of carboxylic acid groups (broad SMARTS) is 1. The van der Waals surface area contributed by atoms with Crippen LogP contribution in [0.4, 0.5) is 0 Å². The third-order valence-electron chi connectivity index (χ3n) is 2.08. The van der Waals surface area contributed by atoms with Crippen molar-refractivity contribution in [1.29, 1.82) is 0 Å². The summed E-state index contributed by atoms with van der Waals surface area (Å²) in [5, 5.41) is 9.36. The van der Waals surface area contributed by atoms with Crippen LogP contribution < -0.4 is 0 Å². The quantitative estimate of drug-likeness (QED) is 0.849. The number of aliphatic carboxylic acids is 1. The number of terminal acetylenes is 1. The molecule has 0 bridgehead atoms. The molecule has 0 atom stereocenters. The van der Waals surface area contributed by atoms with Crippen molar-refractivity contribution in [3.63, 3.8) is 0 Å². The molecular weight excluding hydrogens is 305 g/mol. The van der Waals surface area contributed by atoms with E-state index in [1.165, 1.54) is 0 Å². The molecule has 0 spiro atoms. The van der Waals surface area contributed by atoms with Crippen LogP contribution in [0.5, 0.6) is 0 Å². The van der Waals surface area contributed by atoms with Gasteiger partial charge in [0.2, 0.25) is 0 Å². The van der Waals surface area contributed by atoms with Crippen molar-refractivity contribution in [3.05, 3.63) is 33.3 Å². The van der Waals surface area contributed by atoms with Crippen LogP contribution in [-0.4, -0.2) is 29.1 Å². The first-order chi connectivity index (χ1) is 8.02. The Balaban J connectivity index is 2.81. The Morgan fingerprint density at radius 2 is 2.29 bits per heavy atom. The van der Waals surface area contributed by atoms with Crippen molar-refractivity contribution < 1.29 is 9.90 Å². The molecule has 0 heterocycles. The zero-order chi connectivity index (χ0) is 12.8. The topological polar surface area (TPSA) is 40.5 Å². The fraction of sp³-hybridized carbons (Fsp3) is 0.250. The molecule has 1 aromatic rings. The van der Waals surface area contributed by atoms with Gasteiger partial charge in [0, 0.05) is 16.0 Å². The first kappa shape index (κ1) is 14.0. The minimum absolute atomic E-state index is 0.104. The third kappa shape index (κ3) is 4.78. The van der Waals surface area contributed by atoms with Gasteiger partial charge in [-0.25, -0.2) is 0 Å². The van der Waals surface area contributed by atoms with Gasteiger partial charge >= 0.3 is 5.97 Å². The minimum atomic E-state index is -0.911. The van der Waals surface area contributed by atoms with Crippen LogP contribution in [0, 0.1) is 12.3 Å². The molecule has 0 aromatic heterocycles. The lowest BCUT2D eigenvalue weighted by Gasteiger charge is -2.18. The summed E-state index contributed by atoms with van der Waals surface area (Å²) in [6.07, 6.45) is 5.20. The van der Waals surface area contributed by atoms with E-state index in [-0.39, 0.29) is 13.1 Å². The van der Waals surface area contributed by atoms with Crippen molar-refractivity contribution in [2.75, 3.05) is 13.1 Å². The Morgan fingerprint density at radius 1 is 1.59 bits per heavy atom. The Kier molecular flexibility index (Phi) is 5.49. The number of halogens is 2. The Morgan fingerprint density at radius 3 is 2.88 bits per heavy atom. The summed E-state index contributed by atoms with van der Waals surface area (Å²) in [7, 11) is 0. The second-order valence-electron chi connectivity index (χ2n) is 3.48. The number of benzene rings is 1. The van der Waals surface area contributed by atoms with E-state index < -0.39 is 5.97 Å². The molecule has 0 amide bonds. The highest BCUT2D eigenvalue weighted by Crippen LogP contribution is 2.22. The van der Waals surface area contributed by atoms with Crippen LogP contribution in [-0.2, 0) is 11.3 Å². The highest BCUT2D eigenvalue weighted by molar-refractivity contribution is 9.10. The lowest BCUT2D eigenvalue weighted by atomic mass is 10.2. The molecule has 0 unspecified atom stereocenters. The molecule has 0 aliphatic rings. The molecule has 0 aliphatic carbocycles. The first-order valence-corrected chi connectivity index (χ1v) is 6.01. The maximum Gasteiger partial charge on any atom is 0.317 e. The fourth-order valence-electron chi connectivity index (χ4n) is 1.39. The predicted molar refractivity (Wildman–Crippen MR) is 70.9 cm³/mol. The van der Waals surface area contributed by atoms with Crippen LogP contribution in [0.2, 0.25) is 5.02 Å². The maximum atomic E-state index is 10.7. The molecule has 0 radical (unpaired) electrons. The molecule has 0 aliphatic heterocycles. The number of hydrogen-bond donors (Lipinski definition) is 1. The Hall–Kier alpha value is -1.02. The van der Waals surface area contributed by atoms with Gasteiger partial charge in [-0.15, -0.1) is 6.42 Å². The van der Waals surface area contributed by atoms with Crippen molar-refractivity contribution in [2.45, 2.75) is 6.54 Å². The largest absolute Gasteiger partial charge is 0.480 e. The van der Waals surface area contributed by atoms with E-state index in [9.17, 15) is 4.79 Å². The number of rotatable bonds is 5. The molecule has 1 aromatic carbocycles. The molecular formula is C12H11BrClNO2. The molecule has 5 heteroatoms.